The van der Waals surface area contributed by atoms with E-state index in [1.54, 1.807) is 24.5 Å². The monoisotopic (exact) mass is 259 g/mol. The molecular formula is C13H17N5O. The van der Waals surface area contributed by atoms with E-state index in [9.17, 15) is 4.79 Å². The maximum atomic E-state index is 12.0. The van der Waals surface area contributed by atoms with Crippen LogP contribution in [0.1, 0.15) is 41.5 Å². The van der Waals surface area contributed by atoms with Crippen molar-refractivity contribution in [1.29, 1.82) is 0 Å². The second-order valence-electron chi connectivity index (χ2n) is 4.60. The van der Waals surface area contributed by atoms with Gasteiger partial charge in [0.1, 0.15) is 0 Å². The van der Waals surface area contributed by atoms with Crippen molar-refractivity contribution in [2.45, 2.75) is 26.3 Å². The Morgan fingerprint density at radius 1 is 1.42 bits per heavy atom. The van der Waals surface area contributed by atoms with Gasteiger partial charge in [-0.05, 0) is 23.6 Å². The van der Waals surface area contributed by atoms with E-state index in [2.05, 4.69) is 20.5 Å². The number of nitrogens with two attached hydrogens (primary N) is 1. The molecule has 0 saturated heterocycles. The highest BCUT2D eigenvalue weighted by Gasteiger charge is 2.12. The molecule has 0 spiro atoms. The van der Waals surface area contributed by atoms with Gasteiger partial charge in [0.25, 0.3) is 5.91 Å². The van der Waals surface area contributed by atoms with Crippen molar-refractivity contribution in [2.24, 2.45) is 5.73 Å². The van der Waals surface area contributed by atoms with Crippen LogP contribution in [0.3, 0.4) is 0 Å². The number of rotatable bonds is 4. The molecule has 0 fully saturated rings. The molecule has 1 amide bonds. The SMILES string of the molecule is CC(C)c1cc(C(=O)Nc2cncc(CN)c2)n[nH]1. The van der Waals surface area contributed by atoms with Gasteiger partial charge in [0.05, 0.1) is 11.9 Å². The van der Waals surface area contributed by atoms with Crippen molar-refractivity contribution in [3.63, 3.8) is 0 Å². The number of carbonyl (C=O) groups excluding carboxylic acids is 1. The Morgan fingerprint density at radius 3 is 2.84 bits per heavy atom. The number of aromatic amines is 1. The number of pyridine rings is 1. The molecule has 19 heavy (non-hydrogen) atoms. The lowest BCUT2D eigenvalue weighted by atomic mass is 10.1. The molecule has 2 rings (SSSR count). The van der Waals surface area contributed by atoms with Crippen molar-refractivity contribution >= 4 is 11.6 Å². The van der Waals surface area contributed by atoms with Crippen LogP contribution in [-0.4, -0.2) is 21.1 Å². The van der Waals surface area contributed by atoms with Crippen molar-refractivity contribution in [3.8, 4) is 0 Å². The summed E-state index contributed by atoms with van der Waals surface area (Å²) < 4.78 is 0. The molecule has 0 radical (unpaired) electrons. The zero-order valence-electron chi connectivity index (χ0n) is 11.0. The average molecular weight is 259 g/mol. The van der Waals surface area contributed by atoms with E-state index in [-0.39, 0.29) is 5.91 Å². The van der Waals surface area contributed by atoms with Crippen LogP contribution in [0.4, 0.5) is 5.69 Å². The number of hydrogen-bond donors (Lipinski definition) is 3. The van der Waals surface area contributed by atoms with Gasteiger partial charge >= 0.3 is 0 Å². The molecule has 2 aromatic heterocycles. The molecule has 0 saturated carbocycles. The Kier molecular flexibility index (Phi) is 3.91. The molecule has 2 heterocycles. The molecule has 0 aliphatic carbocycles. The molecule has 0 bridgehead atoms. The van der Waals surface area contributed by atoms with E-state index >= 15 is 0 Å². The van der Waals surface area contributed by atoms with E-state index in [0.717, 1.165) is 11.3 Å². The molecule has 4 N–H and O–H groups in total. The number of nitrogens with zero attached hydrogens (tertiary/aromatic N) is 2. The number of nitrogens with one attached hydrogen (secondary N) is 2. The summed E-state index contributed by atoms with van der Waals surface area (Å²) in [5, 5.41) is 9.59. The lowest BCUT2D eigenvalue weighted by Crippen LogP contribution is -2.13. The molecule has 6 heteroatoms. The minimum atomic E-state index is -0.265. The topological polar surface area (TPSA) is 96.7 Å². The van der Waals surface area contributed by atoms with Crippen LogP contribution >= 0.6 is 0 Å². The molecule has 100 valence electrons. The fourth-order valence-corrected chi connectivity index (χ4v) is 1.61. The van der Waals surface area contributed by atoms with Crippen molar-refractivity contribution in [3.05, 3.63) is 41.5 Å². The van der Waals surface area contributed by atoms with E-state index < -0.39 is 0 Å². The van der Waals surface area contributed by atoms with Crippen molar-refractivity contribution in [2.75, 3.05) is 5.32 Å². The second-order valence-corrected chi connectivity index (χ2v) is 4.60. The van der Waals surface area contributed by atoms with Gasteiger partial charge < -0.3 is 11.1 Å². The Morgan fingerprint density at radius 2 is 2.21 bits per heavy atom. The quantitative estimate of drug-likeness (QED) is 0.777. The van der Waals surface area contributed by atoms with E-state index in [4.69, 9.17) is 5.73 Å². The Bertz CT molecular complexity index is 576. The third-order valence-electron chi connectivity index (χ3n) is 2.74. The number of anilines is 1. The second kappa shape index (κ2) is 5.62. The average Bonchev–Trinajstić information content (AvgIpc) is 2.89. The minimum Gasteiger partial charge on any atom is -0.326 e. The fraction of sp³-hybridized carbons (Fsp3) is 0.308. The molecule has 0 aliphatic rings. The smallest absolute Gasteiger partial charge is 0.276 e. The van der Waals surface area contributed by atoms with Crippen molar-refractivity contribution < 1.29 is 4.79 Å². The van der Waals surface area contributed by atoms with E-state index in [1.807, 2.05) is 13.8 Å². The van der Waals surface area contributed by atoms with Gasteiger partial charge in [-0.1, -0.05) is 13.8 Å². The maximum Gasteiger partial charge on any atom is 0.276 e. The number of aromatic nitrogens is 3. The van der Waals surface area contributed by atoms with Gasteiger partial charge in [-0.25, -0.2) is 0 Å². The summed E-state index contributed by atoms with van der Waals surface area (Å²) >= 11 is 0. The van der Waals surface area contributed by atoms with Gasteiger partial charge in [0.15, 0.2) is 5.69 Å². The zero-order chi connectivity index (χ0) is 13.8. The van der Waals surface area contributed by atoms with Gasteiger partial charge in [-0.2, -0.15) is 5.10 Å². The molecule has 0 aromatic carbocycles. The highest BCUT2D eigenvalue weighted by Crippen LogP contribution is 2.14. The van der Waals surface area contributed by atoms with Crippen LogP contribution in [0.5, 0.6) is 0 Å². The third-order valence-corrected chi connectivity index (χ3v) is 2.74. The fourth-order valence-electron chi connectivity index (χ4n) is 1.61. The lowest BCUT2D eigenvalue weighted by Gasteiger charge is -2.04. The van der Waals surface area contributed by atoms with Crippen LogP contribution in [0.25, 0.3) is 0 Å². The molecule has 0 unspecified atom stereocenters. The van der Waals surface area contributed by atoms with E-state index in [0.29, 0.717) is 23.8 Å². The van der Waals surface area contributed by atoms with Gasteiger partial charge in [0.2, 0.25) is 0 Å². The molecule has 2 aromatic rings. The summed E-state index contributed by atoms with van der Waals surface area (Å²) in [6.45, 7) is 4.45. The standard InChI is InChI=1S/C13H17N5O/c1-8(2)11-4-12(18-17-11)13(19)16-10-3-9(5-14)6-15-7-10/h3-4,6-8H,5,14H2,1-2H3,(H,16,19)(H,17,18). The lowest BCUT2D eigenvalue weighted by molar-refractivity contribution is 0.102. The summed E-state index contributed by atoms with van der Waals surface area (Å²) in [6, 6.07) is 3.54. The first-order valence-electron chi connectivity index (χ1n) is 6.10. The van der Waals surface area contributed by atoms with E-state index in [1.165, 1.54) is 0 Å². The van der Waals surface area contributed by atoms with Crippen LogP contribution < -0.4 is 11.1 Å². The first-order valence-corrected chi connectivity index (χ1v) is 6.10. The number of carbonyl (C=O) groups is 1. The summed E-state index contributed by atoms with van der Waals surface area (Å²) in [4.78, 5) is 16.0. The zero-order valence-corrected chi connectivity index (χ0v) is 11.0. The first-order chi connectivity index (χ1) is 9.10. The molecule has 0 atom stereocenters. The first kappa shape index (κ1) is 13.2. The van der Waals surface area contributed by atoms with Gasteiger partial charge in [-0.3, -0.25) is 14.9 Å². The molecule has 6 nitrogen and oxygen atoms in total. The summed E-state index contributed by atoms with van der Waals surface area (Å²) in [5.41, 5.74) is 8.30. The van der Waals surface area contributed by atoms with Gasteiger partial charge in [0, 0.05) is 18.4 Å². The van der Waals surface area contributed by atoms with Crippen LogP contribution in [0.15, 0.2) is 24.5 Å². The summed E-state index contributed by atoms with van der Waals surface area (Å²) in [7, 11) is 0. The summed E-state index contributed by atoms with van der Waals surface area (Å²) in [6.07, 6.45) is 3.24. The molecular weight excluding hydrogens is 242 g/mol. The Labute approximate surface area is 111 Å². The Balaban J connectivity index is 2.11. The maximum absolute atomic E-state index is 12.0. The summed E-state index contributed by atoms with van der Waals surface area (Å²) in [5.74, 6) is 0.0374. The minimum absolute atomic E-state index is 0.265. The van der Waals surface area contributed by atoms with Gasteiger partial charge in [-0.15, -0.1) is 0 Å². The highest BCUT2D eigenvalue weighted by molar-refractivity contribution is 6.02. The largest absolute Gasteiger partial charge is 0.326 e. The van der Waals surface area contributed by atoms with Crippen LogP contribution in [0.2, 0.25) is 0 Å². The van der Waals surface area contributed by atoms with Crippen LogP contribution in [0, 0.1) is 0 Å². The predicted octanol–water partition coefficient (Wildman–Crippen LogP) is 1.64. The number of H-pyrrole nitrogens is 1. The Hall–Kier alpha value is -2.21. The van der Waals surface area contributed by atoms with Crippen LogP contribution in [-0.2, 0) is 6.54 Å². The predicted molar refractivity (Wildman–Crippen MR) is 72.8 cm³/mol. The number of amides is 1. The third kappa shape index (κ3) is 3.17. The normalized spacial score (nSPS) is 10.7. The highest BCUT2D eigenvalue weighted by atomic mass is 16.1. The number of hydrogen-bond acceptors (Lipinski definition) is 4. The van der Waals surface area contributed by atoms with Crippen molar-refractivity contribution in [1.82, 2.24) is 15.2 Å². The molecule has 0 aliphatic heterocycles.